The Morgan fingerprint density at radius 1 is 0.319 bits per heavy atom. The van der Waals surface area contributed by atoms with Gasteiger partial charge in [-0.25, -0.2) is 0 Å². The number of Topliss-reactive ketones (excluding diaryl/α,β-unsaturated/α-hetero) is 1. The number of carboxylic acids is 1. The van der Waals surface area contributed by atoms with Crippen LogP contribution in [0.25, 0.3) is 0 Å². The first kappa shape index (κ1) is 90.6. The number of carboxylic acid groups (broad SMARTS) is 1. The van der Waals surface area contributed by atoms with Gasteiger partial charge in [0.15, 0.2) is 0 Å². The van der Waals surface area contributed by atoms with Gasteiger partial charge in [-0.15, -0.1) is 0 Å². The molecule has 0 bridgehead atoms. The molecule has 0 radical (unpaired) electrons. The molecule has 0 aromatic heterocycles. The summed E-state index contributed by atoms with van der Waals surface area (Å²) in [5.74, 6) is 2.12. The second-order valence-electron chi connectivity index (χ2n) is 32.1. The van der Waals surface area contributed by atoms with Gasteiger partial charge in [0.2, 0.25) is 0 Å². The van der Waals surface area contributed by atoms with Crippen molar-refractivity contribution >= 4 is 17.7 Å². The summed E-state index contributed by atoms with van der Waals surface area (Å²) in [5.41, 5.74) is 0. The van der Waals surface area contributed by atoms with E-state index in [4.69, 9.17) is 4.74 Å². The van der Waals surface area contributed by atoms with Gasteiger partial charge in [0.1, 0.15) is 11.9 Å². The number of carbonyl (C=O) groups excluding carboxylic acids is 2. The lowest BCUT2D eigenvalue weighted by Gasteiger charge is -2.24. The summed E-state index contributed by atoms with van der Waals surface area (Å²) >= 11 is 0. The second-order valence-corrected chi connectivity index (χ2v) is 32.1. The van der Waals surface area contributed by atoms with Crippen LogP contribution in [0.15, 0.2) is 0 Å². The maximum absolute atomic E-state index is 12.7. The van der Waals surface area contributed by atoms with Gasteiger partial charge in [-0.05, 0) is 56.3 Å². The van der Waals surface area contributed by atoms with Gasteiger partial charge >= 0.3 is 11.9 Å². The predicted octanol–water partition coefficient (Wildman–Crippen LogP) is 31.0. The Morgan fingerprint density at radius 3 is 0.851 bits per heavy atom. The minimum absolute atomic E-state index is 0.279. The van der Waals surface area contributed by atoms with E-state index in [1.165, 1.54) is 431 Å². The minimum atomic E-state index is -0.801. The summed E-state index contributed by atoms with van der Waals surface area (Å²) in [4.78, 5) is 37.0. The Morgan fingerprint density at radius 2 is 0.564 bits per heavy atom. The van der Waals surface area contributed by atoms with Gasteiger partial charge < -0.3 is 9.84 Å². The Labute approximate surface area is 590 Å². The van der Waals surface area contributed by atoms with E-state index in [9.17, 15) is 19.5 Å². The fourth-order valence-corrected chi connectivity index (χ4v) is 16.0. The number of unbranched alkanes of at least 4 members (excludes halogenated alkanes) is 64. The maximum atomic E-state index is 12.7. The number of hydrogen-bond donors (Lipinski definition) is 1. The highest BCUT2D eigenvalue weighted by Crippen LogP contribution is 2.49. The standard InChI is InChI=1S/C89H172O5/c1-6-8-10-12-14-16-18-20-22-24-25-26-27-28-29-34-41-47-53-59-65-71-77-85(89(92)93)88(94-83(5)90)79-73-67-61-55-49-43-37-36-40-46-52-58-64-70-76-84-80-86(84)81(3)74-68-62-56-50-44-38-33-30-31-35-42-48-54-60-66-72-78-87(91)82(4)75-69-63-57-51-45-39-32-23-21-19-17-15-13-11-9-7-2/h81-82,84-86,88H,6-80H2,1-5H3,(H,92,93)/t81-,82+,84-,85+,86?,88+/m0/s1. The van der Waals surface area contributed by atoms with Crippen LogP contribution in [0.4, 0.5) is 0 Å². The summed E-state index contributed by atoms with van der Waals surface area (Å²) in [6.45, 7) is 10.8. The molecule has 0 heterocycles. The van der Waals surface area contributed by atoms with E-state index in [-0.39, 0.29) is 11.9 Å². The molecule has 1 aliphatic carbocycles. The van der Waals surface area contributed by atoms with Crippen molar-refractivity contribution in [3.05, 3.63) is 0 Å². The Balaban J connectivity index is 1.84. The molecule has 5 heteroatoms. The molecular weight excluding hydrogens is 1150 g/mol. The van der Waals surface area contributed by atoms with Gasteiger partial charge in [0, 0.05) is 19.3 Å². The Hall–Kier alpha value is -1.39. The summed E-state index contributed by atoms with van der Waals surface area (Å²) < 4.78 is 5.65. The van der Waals surface area contributed by atoms with Gasteiger partial charge in [-0.2, -0.15) is 0 Å². The topological polar surface area (TPSA) is 80.7 Å². The van der Waals surface area contributed by atoms with Crippen LogP contribution in [0.3, 0.4) is 0 Å². The van der Waals surface area contributed by atoms with E-state index in [2.05, 4.69) is 27.7 Å². The molecule has 94 heavy (non-hydrogen) atoms. The van der Waals surface area contributed by atoms with E-state index in [1.807, 2.05) is 0 Å². The van der Waals surface area contributed by atoms with Crippen molar-refractivity contribution in [1.82, 2.24) is 0 Å². The van der Waals surface area contributed by atoms with Crippen molar-refractivity contribution < 1.29 is 24.2 Å². The van der Waals surface area contributed by atoms with Crippen molar-refractivity contribution in [2.75, 3.05) is 0 Å². The van der Waals surface area contributed by atoms with Crippen molar-refractivity contribution in [3.8, 4) is 0 Å². The van der Waals surface area contributed by atoms with E-state index in [1.54, 1.807) is 0 Å². The number of hydrogen-bond acceptors (Lipinski definition) is 4. The zero-order chi connectivity index (χ0) is 67.9. The molecule has 0 amide bonds. The lowest BCUT2D eigenvalue weighted by molar-refractivity contribution is -0.158. The van der Waals surface area contributed by atoms with Crippen LogP contribution < -0.4 is 0 Å². The Kier molecular flexibility index (Phi) is 70.2. The molecular formula is C89H172O5. The molecule has 1 fully saturated rings. The molecule has 1 saturated carbocycles. The highest BCUT2D eigenvalue weighted by atomic mass is 16.5. The third kappa shape index (κ3) is 64.0. The molecule has 0 saturated heterocycles. The van der Waals surface area contributed by atoms with Crippen molar-refractivity contribution in [2.45, 2.75) is 522 Å². The van der Waals surface area contributed by atoms with Crippen LogP contribution in [-0.4, -0.2) is 28.9 Å². The van der Waals surface area contributed by atoms with Gasteiger partial charge in [-0.3, -0.25) is 14.4 Å². The van der Waals surface area contributed by atoms with E-state index in [0.717, 1.165) is 62.7 Å². The maximum Gasteiger partial charge on any atom is 0.310 e. The third-order valence-electron chi connectivity index (χ3n) is 22.8. The largest absolute Gasteiger partial charge is 0.481 e. The average Bonchev–Trinajstić information content (AvgIpc) is 1.93. The molecule has 6 atom stereocenters. The zero-order valence-electron chi connectivity index (χ0n) is 65.1. The smallest absolute Gasteiger partial charge is 0.310 e. The molecule has 0 aromatic carbocycles. The van der Waals surface area contributed by atoms with Crippen LogP contribution >= 0.6 is 0 Å². The van der Waals surface area contributed by atoms with Gasteiger partial charge in [0.25, 0.3) is 0 Å². The highest BCUT2D eigenvalue weighted by Gasteiger charge is 2.39. The zero-order valence-corrected chi connectivity index (χ0v) is 65.1. The third-order valence-corrected chi connectivity index (χ3v) is 22.8. The summed E-state index contributed by atoms with van der Waals surface area (Å²) in [5, 5.41) is 10.1. The molecule has 558 valence electrons. The van der Waals surface area contributed by atoms with E-state index >= 15 is 0 Å². The monoisotopic (exact) mass is 1320 g/mol. The van der Waals surface area contributed by atoms with Crippen LogP contribution in [0.1, 0.15) is 516 Å². The fourth-order valence-electron chi connectivity index (χ4n) is 16.0. The predicted molar refractivity (Wildman–Crippen MR) is 415 cm³/mol. The Bertz CT molecular complexity index is 1540. The average molecular weight is 1320 g/mol. The molecule has 0 aromatic rings. The first-order valence-electron chi connectivity index (χ1n) is 44.1. The molecule has 0 spiro atoms. The first-order valence-corrected chi connectivity index (χ1v) is 44.1. The van der Waals surface area contributed by atoms with Gasteiger partial charge in [-0.1, -0.05) is 464 Å². The van der Waals surface area contributed by atoms with E-state index < -0.39 is 18.0 Å². The lowest BCUT2D eigenvalue weighted by Crippen LogP contribution is -2.32. The highest BCUT2D eigenvalue weighted by molar-refractivity contribution is 5.80. The number of rotatable bonds is 81. The first-order chi connectivity index (χ1) is 46.2. The van der Waals surface area contributed by atoms with Crippen molar-refractivity contribution in [3.63, 3.8) is 0 Å². The quantitative estimate of drug-likeness (QED) is 0.0485. The van der Waals surface area contributed by atoms with Gasteiger partial charge in [0.05, 0.1) is 5.92 Å². The summed E-state index contributed by atoms with van der Waals surface area (Å²) in [6, 6.07) is 0. The number of ketones is 1. The molecule has 1 rings (SSSR count). The van der Waals surface area contributed by atoms with E-state index in [0.29, 0.717) is 18.6 Å². The van der Waals surface area contributed by atoms with Crippen molar-refractivity contribution in [2.24, 2.45) is 29.6 Å². The van der Waals surface area contributed by atoms with Crippen LogP contribution in [0.2, 0.25) is 0 Å². The van der Waals surface area contributed by atoms with Crippen molar-refractivity contribution in [1.29, 1.82) is 0 Å². The second kappa shape index (κ2) is 72.8. The lowest BCUT2D eigenvalue weighted by atomic mass is 9.91. The molecule has 1 unspecified atom stereocenters. The summed E-state index contributed by atoms with van der Waals surface area (Å²) in [7, 11) is 0. The number of ether oxygens (including phenoxy) is 1. The normalized spacial score (nSPS) is 15.2. The fraction of sp³-hybridized carbons (Fsp3) is 0.966. The van der Waals surface area contributed by atoms with Crippen LogP contribution in [-0.2, 0) is 19.1 Å². The molecule has 0 aliphatic heterocycles. The SMILES string of the molecule is CCCCCCCCCCCCCCCCCCCCCCCC[C@@H](C(=O)O)[C@@H](CCCCCCCCCCCCCCCC[C@H]1CC1[C@@H](C)CCCCCCCCCCCCCCCCCCC(=O)[C@H](C)CCCCCCCCCCCCCCCCCC)OC(C)=O. The molecule has 5 nitrogen and oxygen atoms in total. The number of aliphatic carboxylic acids is 1. The number of esters is 1. The molecule has 1 aliphatic rings. The van der Waals surface area contributed by atoms with Crippen LogP contribution in [0.5, 0.6) is 0 Å². The minimum Gasteiger partial charge on any atom is -0.481 e. The van der Waals surface area contributed by atoms with Crippen LogP contribution in [0, 0.1) is 29.6 Å². The molecule has 1 N–H and O–H groups in total. The number of carbonyl (C=O) groups is 3. The summed E-state index contributed by atoms with van der Waals surface area (Å²) in [6.07, 6.45) is 100.